The molecule has 2 aromatic rings. The van der Waals surface area contributed by atoms with E-state index < -0.39 is 6.10 Å². The van der Waals surface area contributed by atoms with Crippen molar-refractivity contribution in [1.29, 1.82) is 0 Å². The zero-order valence-electron chi connectivity index (χ0n) is 16.4. The maximum Gasteiger partial charge on any atom is 0.191 e. The molecule has 0 bridgehead atoms. The van der Waals surface area contributed by atoms with Gasteiger partial charge in [0.2, 0.25) is 0 Å². The first kappa shape index (κ1) is 21.1. The third kappa shape index (κ3) is 6.15. The number of aliphatic hydroxyl groups is 1. The molecule has 3 N–H and O–H groups in total. The van der Waals surface area contributed by atoms with Gasteiger partial charge < -0.3 is 25.2 Å². The van der Waals surface area contributed by atoms with Crippen molar-refractivity contribution in [3.63, 3.8) is 0 Å². The molecule has 0 aliphatic carbocycles. The molecule has 0 radical (unpaired) electrons. The third-order valence-corrected chi connectivity index (χ3v) is 5.26. The van der Waals surface area contributed by atoms with Gasteiger partial charge in [-0.25, -0.2) is 0 Å². The average molecular weight is 392 g/mol. The third-order valence-electron chi connectivity index (χ3n) is 4.15. The minimum absolute atomic E-state index is 0.342. The van der Waals surface area contributed by atoms with Crippen LogP contribution in [0, 0.1) is 0 Å². The molecule has 7 heteroatoms. The van der Waals surface area contributed by atoms with E-state index in [1.807, 2.05) is 13.0 Å². The predicted molar refractivity (Wildman–Crippen MR) is 111 cm³/mol. The lowest BCUT2D eigenvalue weighted by atomic mass is 10.1. The first-order valence-electron chi connectivity index (χ1n) is 9.04. The van der Waals surface area contributed by atoms with Gasteiger partial charge in [-0.2, -0.15) is 0 Å². The van der Waals surface area contributed by atoms with E-state index in [9.17, 15) is 5.11 Å². The summed E-state index contributed by atoms with van der Waals surface area (Å²) in [7, 11) is 3.17. The molecule has 0 aliphatic rings. The summed E-state index contributed by atoms with van der Waals surface area (Å²) < 4.78 is 10.5. The Hall–Kier alpha value is -2.25. The highest BCUT2D eigenvalue weighted by atomic mass is 32.1. The Kier molecular flexibility index (Phi) is 8.42. The minimum Gasteiger partial charge on any atom is -0.493 e. The van der Waals surface area contributed by atoms with Crippen LogP contribution >= 0.6 is 11.3 Å². The van der Waals surface area contributed by atoms with Crippen molar-refractivity contribution in [1.82, 2.24) is 10.6 Å². The zero-order valence-corrected chi connectivity index (χ0v) is 17.2. The number of hydrogen-bond acceptors (Lipinski definition) is 5. The molecule has 1 aromatic carbocycles. The fraction of sp³-hybridized carbons (Fsp3) is 0.450. The Morgan fingerprint density at radius 1 is 1.19 bits per heavy atom. The van der Waals surface area contributed by atoms with Crippen molar-refractivity contribution in [3.05, 3.63) is 46.2 Å². The molecule has 0 saturated heterocycles. The molecule has 2 unspecified atom stereocenters. The number of aliphatic imine (C=N–C) groups is 1. The van der Waals surface area contributed by atoms with Gasteiger partial charge in [0.25, 0.3) is 0 Å². The first-order valence-corrected chi connectivity index (χ1v) is 9.92. The lowest BCUT2D eigenvalue weighted by Gasteiger charge is -2.17. The van der Waals surface area contributed by atoms with E-state index in [0.29, 0.717) is 36.5 Å². The van der Waals surface area contributed by atoms with E-state index in [1.165, 1.54) is 4.88 Å². The lowest BCUT2D eigenvalue weighted by molar-refractivity contribution is 0.180. The van der Waals surface area contributed by atoms with Gasteiger partial charge in [-0.3, -0.25) is 4.99 Å². The molecule has 148 valence electrons. The molecule has 0 spiro atoms. The summed E-state index contributed by atoms with van der Waals surface area (Å²) in [5.41, 5.74) is 0.753. The molecule has 1 aromatic heterocycles. The second-order valence-corrected chi connectivity index (χ2v) is 7.13. The Bertz CT molecular complexity index is 719. The highest BCUT2D eigenvalue weighted by Crippen LogP contribution is 2.29. The van der Waals surface area contributed by atoms with E-state index in [1.54, 1.807) is 37.7 Å². The van der Waals surface area contributed by atoms with Crippen molar-refractivity contribution < 1.29 is 14.6 Å². The molecule has 27 heavy (non-hydrogen) atoms. The quantitative estimate of drug-likeness (QED) is 0.452. The van der Waals surface area contributed by atoms with Crippen molar-refractivity contribution >= 4 is 17.3 Å². The van der Waals surface area contributed by atoms with Crippen LogP contribution in [0.3, 0.4) is 0 Å². The van der Waals surface area contributed by atoms with Crippen molar-refractivity contribution in [3.8, 4) is 11.5 Å². The number of nitrogens with one attached hydrogen (secondary N) is 2. The summed E-state index contributed by atoms with van der Waals surface area (Å²) in [6.07, 6.45) is -0.691. The van der Waals surface area contributed by atoms with E-state index in [-0.39, 0.29) is 0 Å². The average Bonchev–Trinajstić information content (AvgIpc) is 3.23. The monoisotopic (exact) mass is 391 g/mol. The SMILES string of the molecule is CCNC(=NCC(C)c1cccs1)NCC(O)c1ccc(OC)c(OC)c1. The Balaban J connectivity index is 1.97. The zero-order chi connectivity index (χ0) is 19.6. The number of rotatable bonds is 9. The maximum atomic E-state index is 10.5. The lowest BCUT2D eigenvalue weighted by Crippen LogP contribution is -2.39. The Morgan fingerprint density at radius 3 is 2.59 bits per heavy atom. The summed E-state index contributed by atoms with van der Waals surface area (Å²) in [4.78, 5) is 5.96. The smallest absolute Gasteiger partial charge is 0.191 e. The predicted octanol–water partition coefficient (Wildman–Crippen LogP) is 3.16. The van der Waals surface area contributed by atoms with Gasteiger partial charge in [0, 0.05) is 23.9 Å². The van der Waals surface area contributed by atoms with Crippen LogP contribution in [0.1, 0.15) is 36.3 Å². The van der Waals surface area contributed by atoms with Gasteiger partial charge >= 0.3 is 0 Å². The number of thiophene rings is 1. The fourth-order valence-corrected chi connectivity index (χ4v) is 3.38. The summed E-state index contributed by atoms with van der Waals surface area (Å²) in [5, 5.41) is 19.0. The van der Waals surface area contributed by atoms with Crippen LogP contribution in [0.2, 0.25) is 0 Å². The molecule has 0 aliphatic heterocycles. The van der Waals surface area contributed by atoms with Crippen LogP contribution in [0.4, 0.5) is 0 Å². The van der Waals surface area contributed by atoms with Crippen LogP contribution in [-0.4, -0.2) is 44.9 Å². The Morgan fingerprint density at radius 2 is 1.96 bits per heavy atom. The molecule has 0 fully saturated rings. The summed E-state index contributed by atoms with van der Waals surface area (Å²) in [6, 6.07) is 9.60. The highest BCUT2D eigenvalue weighted by molar-refractivity contribution is 7.10. The van der Waals surface area contributed by atoms with Crippen LogP contribution in [-0.2, 0) is 0 Å². The molecule has 0 saturated carbocycles. The van der Waals surface area contributed by atoms with Crippen molar-refractivity contribution in [2.45, 2.75) is 25.9 Å². The standard InChI is InChI=1S/C20H29N3O3S/c1-5-21-20(22-12-14(2)19-7-6-10-27-19)23-13-16(24)15-8-9-17(25-3)18(11-15)26-4/h6-11,14,16,24H,5,12-13H2,1-4H3,(H2,21,22,23). The normalized spacial score (nSPS) is 13.7. The number of aliphatic hydroxyl groups excluding tert-OH is 1. The minimum atomic E-state index is -0.691. The summed E-state index contributed by atoms with van der Waals surface area (Å²) >= 11 is 1.75. The highest BCUT2D eigenvalue weighted by Gasteiger charge is 2.13. The first-order chi connectivity index (χ1) is 13.1. The van der Waals surface area contributed by atoms with Crippen LogP contribution in [0.15, 0.2) is 40.7 Å². The van der Waals surface area contributed by atoms with E-state index in [2.05, 4.69) is 40.1 Å². The Labute approximate surface area is 165 Å². The molecular weight excluding hydrogens is 362 g/mol. The van der Waals surface area contributed by atoms with Gasteiger partial charge in [0.15, 0.2) is 17.5 Å². The number of benzene rings is 1. The molecule has 2 rings (SSSR count). The van der Waals surface area contributed by atoms with Gasteiger partial charge in [-0.15, -0.1) is 11.3 Å². The van der Waals surface area contributed by atoms with Crippen LogP contribution < -0.4 is 20.1 Å². The number of guanidine groups is 1. The topological polar surface area (TPSA) is 75.1 Å². The van der Waals surface area contributed by atoms with E-state index in [0.717, 1.165) is 12.1 Å². The van der Waals surface area contributed by atoms with E-state index >= 15 is 0 Å². The number of hydrogen-bond donors (Lipinski definition) is 3. The second kappa shape index (κ2) is 10.8. The number of nitrogens with zero attached hydrogens (tertiary/aromatic N) is 1. The summed E-state index contributed by atoms with van der Waals surface area (Å²) in [5.74, 6) is 2.29. The van der Waals surface area contributed by atoms with Gasteiger partial charge in [0.05, 0.1) is 26.9 Å². The van der Waals surface area contributed by atoms with Crippen LogP contribution in [0.5, 0.6) is 11.5 Å². The molecule has 1 heterocycles. The number of ether oxygens (including phenoxy) is 2. The fourth-order valence-electron chi connectivity index (χ4n) is 2.60. The van der Waals surface area contributed by atoms with Crippen LogP contribution in [0.25, 0.3) is 0 Å². The van der Waals surface area contributed by atoms with Crippen molar-refractivity contribution in [2.75, 3.05) is 33.9 Å². The van der Waals surface area contributed by atoms with Crippen molar-refractivity contribution in [2.24, 2.45) is 4.99 Å². The number of methoxy groups -OCH3 is 2. The maximum absolute atomic E-state index is 10.5. The largest absolute Gasteiger partial charge is 0.493 e. The second-order valence-electron chi connectivity index (χ2n) is 6.15. The molecular formula is C20H29N3O3S. The van der Waals surface area contributed by atoms with E-state index in [4.69, 9.17) is 9.47 Å². The molecule has 6 nitrogen and oxygen atoms in total. The van der Waals surface area contributed by atoms with Gasteiger partial charge in [-0.1, -0.05) is 19.1 Å². The van der Waals surface area contributed by atoms with Gasteiger partial charge in [0.1, 0.15) is 0 Å². The van der Waals surface area contributed by atoms with Gasteiger partial charge in [-0.05, 0) is 36.1 Å². The molecule has 2 atom stereocenters. The molecule has 0 amide bonds. The summed E-state index contributed by atoms with van der Waals surface area (Å²) in [6.45, 7) is 5.96.